The summed E-state index contributed by atoms with van der Waals surface area (Å²) >= 11 is 0. The molecule has 1 aromatic heterocycles. The van der Waals surface area contributed by atoms with Gasteiger partial charge in [0.2, 0.25) is 12.7 Å². The van der Waals surface area contributed by atoms with Crippen LogP contribution in [0.5, 0.6) is 17.4 Å². The normalized spacial score (nSPS) is 17.1. The molecule has 2 aromatic carbocycles. The Morgan fingerprint density at radius 1 is 1.14 bits per heavy atom. The van der Waals surface area contributed by atoms with Gasteiger partial charge in [-0.1, -0.05) is 24.3 Å². The lowest BCUT2D eigenvalue weighted by Gasteiger charge is -2.24. The zero-order valence-electron chi connectivity index (χ0n) is 14.9. The number of aryl methyl sites for hydroxylation is 1. The molecule has 5 rings (SSSR count). The van der Waals surface area contributed by atoms with Crippen LogP contribution in [-0.4, -0.2) is 21.7 Å². The topological polar surface area (TPSA) is 89.5 Å². The SMILES string of the molecule is Cc1nn(-c2ccccc2)c2c1[C@@H](c1ccc3c(c1)OCO3)C(C#N)=C(O)O2. The highest BCUT2D eigenvalue weighted by Crippen LogP contribution is 2.46. The van der Waals surface area contributed by atoms with E-state index in [1.54, 1.807) is 10.7 Å². The van der Waals surface area contributed by atoms with E-state index in [4.69, 9.17) is 14.2 Å². The second-order valence-corrected chi connectivity index (χ2v) is 6.53. The van der Waals surface area contributed by atoms with Gasteiger partial charge in [-0.2, -0.15) is 10.4 Å². The van der Waals surface area contributed by atoms with Crippen LogP contribution in [0, 0.1) is 18.3 Å². The highest BCUT2D eigenvalue weighted by atomic mass is 16.7. The number of aliphatic hydroxyl groups is 1. The number of fused-ring (bicyclic) bond motifs is 2. The summed E-state index contributed by atoms with van der Waals surface area (Å²) in [6.07, 6.45) is 0. The van der Waals surface area contributed by atoms with Crippen LogP contribution < -0.4 is 14.2 Å². The maximum atomic E-state index is 10.5. The number of nitriles is 1. The number of ether oxygens (including phenoxy) is 3. The van der Waals surface area contributed by atoms with E-state index >= 15 is 0 Å². The van der Waals surface area contributed by atoms with E-state index < -0.39 is 11.9 Å². The summed E-state index contributed by atoms with van der Waals surface area (Å²) in [6, 6.07) is 17.1. The predicted molar refractivity (Wildman–Crippen MR) is 98.6 cm³/mol. The fraction of sp³-hybridized carbons (Fsp3) is 0.143. The molecule has 0 radical (unpaired) electrons. The average molecular weight is 373 g/mol. The van der Waals surface area contributed by atoms with Gasteiger partial charge in [-0.3, -0.25) is 0 Å². The van der Waals surface area contributed by atoms with Crippen molar-refractivity contribution in [3.63, 3.8) is 0 Å². The van der Waals surface area contributed by atoms with E-state index in [-0.39, 0.29) is 12.4 Å². The van der Waals surface area contributed by atoms with Crippen molar-refractivity contribution in [2.75, 3.05) is 6.79 Å². The van der Waals surface area contributed by atoms with E-state index in [1.807, 2.05) is 49.4 Å². The smallest absolute Gasteiger partial charge is 0.298 e. The van der Waals surface area contributed by atoms with Gasteiger partial charge in [0.1, 0.15) is 11.6 Å². The van der Waals surface area contributed by atoms with Gasteiger partial charge >= 0.3 is 0 Å². The third-order valence-corrected chi connectivity index (χ3v) is 4.91. The Hall–Kier alpha value is -3.92. The van der Waals surface area contributed by atoms with Crippen LogP contribution in [0.15, 0.2) is 60.0 Å². The summed E-state index contributed by atoms with van der Waals surface area (Å²) in [6.45, 7) is 2.02. The zero-order chi connectivity index (χ0) is 19.3. The molecule has 3 heterocycles. The first kappa shape index (κ1) is 16.3. The Kier molecular flexibility index (Phi) is 3.52. The molecule has 138 valence electrons. The van der Waals surface area contributed by atoms with E-state index in [9.17, 15) is 10.4 Å². The van der Waals surface area contributed by atoms with Crippen LogP contribution >= 0.6 is 0 Å². The molecule has 1 N–H and O–H groups in total. The molecule has 7 nitrogen and oxygen atoms in total. The van der Waals surface area contributed by atoms with Crippen molar-refractivity contribution in [2.45, 2.75) is 12.8 Å². The van der Waals surface area contributed by atoms with Gasteiger partial charge in [0.25, 0.3) is 5.95 Å². The average Bonchev–Trinajstić information content (AvgIpc) is 3.31. The number of hydrogen-bond donors (Lipinski definition) is 1. The van der Waals surface area contributed by atoms with Gasteiger partial charge in [0.05, 0.1) is 22.9 Å². The molecule has 0 bridgehead atoms. The van der Waals surface area contributed by atoms with Crippen LogP contribution in [0.3, 0.4) is 0 Å². The number of nitrogens with zero attached hydrogens (tertiary/aromatic N) is 3. The lowest BCUT2D eigenvalue weighted by molar-refractivity contribution is 0.174. The fourth-order valence-corrected chi connectivity index (χ4v) is 3.65. The first-order valence-electron chi connectivity index (χ1n) is 8.73. The maximum absolute atomic E-state index is 10.5. The van der Waals surface area contributed by atoms with Gasteiger partial charge in [-0.15, -0.1) is 0 Å². The monoisotopic (exact) mass is 373 g/mol. The molecule has 0 spiro atoms. The van der Waals surface area contributed by atoms with Crippen LogP contribution in [0.25, 0.3) is 5.69 Å². The van der Waals surface area contributed by atoms with Crippen molar-refractivity contribution < 1.29 is 19.3 Å². The standard InChI is InChI=1S/C21H15N3O4/c1-12-18-19(13-7-8-16-17(9-13)27-11-26-16)15(10-22)21(25)28-20(18)24(23-12)14-5-3-2-4-6-14/h2-9,19,25H,11H2,1H3/t19-/m0/s1. The molecule has 0 fully saturated rings. The second-order valence-electron chi connectivity index (χ2n) is 6.53. The first-order valence-corrected chi connectivity index (χ1v) is 8.73. The van der Waals surface area contributed by atoms with Crippen molar-refractivity contribution in [2.24, 2.45) is 0 Å². The van der Waals surface area contributed by atoms with E-state index in [0.29, 0.717) is 23.1 Å². The molecular weight excluding hydrogens is 358 g/mol. The number of para-hydroxylation sites is 1. The van der Waals surface area contributed by atoms with Crippen molar-refractivity contribution in [1.29, 1.82) is 5.26 Å². The lowest BCUT2D eigenvalue weighted by Crippen LogP contribution is -2.17. The summed E-state index contributed by atoms with van der Waals surface area (Å²) in [5, 5.41) is 24.8. The van der Waals surface area contributed by atoms with Gasteiger partial charge in [0, 0.05) is 0 Å². The summed E-state index contributed by atoms with van der Waals surface area (Å²) in [5.74, 6) is 0.702. The Morgan fingerprint density at radius 2 is 1.93 bits per heavy atom. The Morgan fingerprint density at radius 3 is 2.71 bits per heavy atom. The molecule has 0 aliphatic carbocycles. The van der Waals surface area contributed by atoms with Crippen LogP contribution in [0.1, 0.15) is 22.7 Å². The minimum Gasteiger partial charge on any atom is -0.480 e. The maximum Gasteiger partial charge on any atom is 0.298 e. The molecule has 0 saturated heterocycles. The summed E-state index contributed by atoms with van der Waals surface area (Å²) in [7, 11) is 0. The highest BCUT2D eigenvalue weighted by molar-refractivity contribution is 5.58. The largest absolute Gasteiger partial charge is 0.480 e. The summed E-state index contributed by atoms with van der Waals surface area (Å²) in [5.41, 5.74) is 3.15. The number of aliphatic hydroxyl groups excluding tert-OH is 1. The molecule has 2 aliphatic rings. The third-order valence-electron chi connectivity index (χ3n) is 4.91. The fourth-order valence-electron chi connectivity index (χ4n) is 3.65. The van der Waals surface area contributed by atoms with Crippen molar-refractivity contribution in [3.8, 4) is 29.1 Å². The van der Waals surface area contributed by atoms with Gasteiger partial charge in [0.15, 0.2) is 11.5 Å². The number of hydrogen-bond acceptors (Lipinski definition) is 6. The van der Waals surface area contributed by atoms with Crippen molar-refractivity contribution in [1.82, 2.24) is 9.78 Å². The minimum absolute atomic E-state index is 0.127. The molecule has 0 amide bonds. The molecule has 1 atom stereocenters. The van der Waals surface area contributed by atoms with Gasteiger partial charge < -0.3 is 19.3 Å². The number of aromatic nitrogens is 2. The van der Waals surface area contributed by atoms with Crippen molar-refractivity contribution in [3.05, 3.63) is 76.9 Å². The third kappa shape index (κ3) is 2.32. The molecule has 28 heavy (non-hydrogen) atoms. The van der Waals surface area contributed by atoms with Crippen LogP contribution in [0.2, 0.25) is 0 Å². The molecule has 0 unspecified atom stereocenters. The van der Waals surface area contributed by atoms with E-state index in [2.05, 4.69) is 11.2 Å². The van der Waals surface area contributed by atoms with E-state index in [1.165, 1.54) is 0 Å². The number of allylic oxidation sites excluding steroid dienone is 1. The minimum atomic E-state index is -0.527. The van der Waals surface area contributed by atoms with Gasteiger partial charge in [-0.25, -0.2) is 4.68 Å². The molecule has 3 aromatic rings. The van der Waals surface area contributed by atoms with Gasteiger partial charge in [-0.05, 0) is 36.8 Å². The van der Waals surface area contributed by atoms with E-state index in [0.717, 1.165) is 16.8 Å². The lowest BCUT2D eigenvalue weighted by atomic mass is 9.84. The van der Waals surface area contributed by atoms with Crippen LogP contribution in [0.4, 0.5) is 0 Å². The molecule has 2 aliphatic heterocycles. The zero-order valence-corrected chi connectivity index (χ0v) is 14.9. The number of benzene rings is 2. The Bertz CT molecular complexity index is 1160. The quantitative estimate of drug-likeness (QED) is 0.736. The summed E-state index contributed by atoms with van der Waals surface area (Å²) < 4.78 is 18.1. The Balaban J connectivity index is 1.72. The second kappa shape index (κ2) is 6.06. The number of rotatable bonds is 2. The van der Waals surface area contributed by atoms with Crippen molar-refractivity contribution >= 4 is 0 Å². The molecular formula is C21H15N3O4. The molecule has 7 heteroatoms. The van der Waals surface area contributed by atoms with Crippen LogP contribution in [-0.2, 0) is 0 Å². The predicted octanol–water partition coefficient (Wildman–Crippen LogP) is 3.73. The molecule has 0 saturated carbocycles. The Labute approximate surface area is 160 Å². The summed E-state index contributed by atoms with van der Waals surface area (Å²) in [4.78, 5) is 0. The first-order chi connectivity index (χ1) is 13.7. The highest BCUT2D eigenvalue weighted by Gasteiger charge is 2.37.